The van der Waals surface area contributed by atoms with E-state index in [0.29, 0.717) is 12.0 Å². The van der Waals surface area contributed by atoms with Gasteiger partial charge in [-0.1, -0.05) is 39.0 Å². The molecule has 1 aliphatic rings. The van der Waals surface area contributed by atoms with E-state index in [1.807, 2.05) is 0 Å². The van der Waals surface area contributed by atoms with Crippen LogP contribution >= 0.6 is 0 Å². The summed E-state index contributed by atoms with van der Waals surface area (Å²) in [7, 11) is 0. The van der Waals surface area contributed by atoms with Crippen molar-refractivity contribution in [2.45, 2.75) is 58.5 Å². The van der Waals surface area contributed by atoms with E-state index in [4.69, 9.17) is 0 Å². The molecule has 0 bridgehead atoms. The van der Waals surface area contributed by atoms with Crippen LogP contribution in [0, 0.1) is 0 Å². The summed E-state index contributed by atoms with van der Waals surface area (Å²) in [6.07, 6.45) is 3.61. The summed E-state index contributed by atoms with van der Waals surface area (Å²) in [5.74, 6) is 0.708. The Balaban J connectivity index is 2.34. The van der Waals surface area contributed by atoms with E-state index in [2.05, 4.69) is 44.3 Å². The standard InChI is InChI=1S/C15H23N/c1-4-11-7-8-14-12(9-11)10-16-15(6-3)13(14)5-2/h7-9,13,15-16H,4-6,10H2,1-3H3. The minimum Gasteiger partial charge on any atom is -0.309 e. The summed E-state index contributed by atoms with van der Waals surface area (Å²) in [6, 6.07) is 7.73. The maximum atomic E-state index is 3.68. The average Bonchev–Trinajstić information content (AvgIpc) is 2.36. The largest absolute Gasteiger partial charge is 0.309 e. The first-order valence-corrected chi connectivity index (χ1v) is 6.65. The van der Waals surface area contributed by atoms with Crippen molar-refractivity contribution in [3.8, 4) is 0 Å². The first kappa shape index (κ1) is 11.7. The zero-order valence-corrected chi connectivity index (χ0v) is 10.7. The van der Waals surface area contributed by atoms with Crippen LogP contribution < -0.4 is 5.32 Å². The Morgan fingerprint density at radius 3 is 2.62 bits per heavy atom. The minimum atomic E-state index is 0.671. The highest BCUT2D eigenvalue weighted by atomic mass is 14.9. The lowest BCUT2D eigenvalue weighted by atomic mass is 9.81. The molecule has 0 spiro atoms. The molecule has 0 aliphatic carbocycles. The predicted octanol–water partition coefficient (Wildman–Crippen LogP) is 3.62. The molecule has 88 valence electrons. The molecule has 0 aromatic heterocycles. The number of fused-ring (bicyclic) bond motifs is 1. The zero-order valence-electron chi connectivity index (χ0n) is 10.7. The number of hydrogen-bond acceptors (Lipinski definition) is 1. The van der Waals surface area contributed by atoms with Crippen molar-refractivity contribution in [3.05, 3.63) is 34.9 Å². The van der Waals surface area contributed by atoms with Gasteiger partial charge in [-0.15, -0.1) is 0 Å². The summed E-state index contributed by atoms with van der Waals surface area (Å²) in [6.45, 7) is 7.87. The molecular weight excluding hydrogens is 194 g/mol. The van der Waals surface area contributed by atoms with Crippen molar-refractivity contribution in [2.24, 2.45) is 0 Å². The summed E-state index contributed by atoms with van der Waals surface area (Å²) in [5.41, 5.74) is 4.58. The van der Waals surface area contributed by atoms with Gasteiger partial charge in [0.25, 0.3) is 0 Å². The van der Waals surface area contributed by atoms with E-state index in [-0.39, 0.29) is 0 Å². The summed E-state index contributed by atoms with van der Waals surface area (Å²) in [4.78, 5) is 0. The van der Waals surface area contributed by atoms with E-state index < -0.39 is 0 Å². The second kappa shape index (κ2) is 5.01. The Morgan fingerprint density at radius 2 is 2.00 bits per heavy atom. The molecule has 1 heterocycles. The smallest absolute Gasteiger partial charge is 0.0211 e. The van der Waals surface area contributed by atoms with Crippen LogP contribution in [0.1, 0.15) is 56.2 Å². The minimum absolute atomic E-state index is 0.671. The molecule has 16 heavy (non-hydrogen) atoms. The van der Waals surface area contributed by atoms with Gasteiger partial charge in [-0.2, -0.15) is 0 Å². The number of aryl methyl sites for hydroxylation is 1. The molecule has 2 unspecified atom stereocenters. The second-order valence-electron chi connectivity index (χ2n) is 4.80. The molecule has 1 nitrogen and oxygen atoms in total. The Hall–Kier alpha value is -0.820. The molecule has 1 aromatic rings. The van der Waals surface area contributed by atoms with Crippen LogP contribution in [0.3, 0.4) is 0 Å². The molecule has 1 aliphatic heterocycles. The Morgan fingerprint density at radius 1 is 1.19 bits per heavy atom. The van der Waals surface area contributed by atoms with Crippen LogP contribution in [0.2, 0.25) is 0 Å². The first-order valence-electron chi connectivity index (χ1n) is 6.65. The van der Waals surface area contributed by atoms with E-state index in [1.54, 1.807) is 5.56 Å². The van der Waals surface area contributed by atoms with Gasteiger partial charge >= 0.3 is 0 Å². The second-order valence-corrected chi connectivity index (χ2v) is 4.80. The fraction of sp³-hybridized carbons (Fsp3) is 0.600. The van der Waals surface area contributed by atoms with Crippen LogP contribution in [0.5, 0.6) is 0 Å². The lowest BCUT2D eigenvalue weighted by Gasteiger charge is -2.34. The number of rotatable bonds is 3. The summed E-state index contributed by atoms with van der Waals surface area (Å²) in [5, 5.41) is 3.68. The Labute approximate surface area is 99.3 Å². The zero-order chi connectivity index (χ0) is 11.5. The monoisotopic (exact) mass is 217 g/mol. The molecule has 1 heteroatoms. The molecule has 0 fully saturated rings. The van der Waals surface area contributed by atoms with Crippen LogP contribution in [0.25, 0.3) is 0 Å². The SMILES string of the molecule is CCc1ccc2c(c1)CNC(CC)C2CC. The predicted molar refractivity (Wildman–Crippen MR) is 69.8 cm³/mol. The molecule has 2 rings (SSSR count). The van der Waals surface area contributed by atoms with Gasteiger partial charge in [-0.25, -0.2) is 0 Å². The fourth-order valence-corrected chi connectivity index (χ4v) is 2.93. The Kier molecular flexibility index (Phi) is 3.65. The normalized spacial score (nSPS) is 24.2. The van der Waals surface area contributed by atoms with Crippen molar-refractivity contribution >= 4 is 0 Å². The van der Waals surface area contributed by atoms with E-state index in [9.17, 15) is 0 Å². The van der Waals surface area contributed by atoms with E-state index in [0.717, 1.165) is 13.0 Å². The number of nitrogens with one attached hydrogen (secondary N) is 1. The van der Waals surface area contributed by atoms with Gasteiger partial charge in [0.1, 0.15) is 0 Å². The van der Waals surface area contributed by atoms with E-state index >= 15 is 0 Å². The maximum Gasteiger partial charge on any atom is 0.0211 e. The van der Waals surface area contributed by atoms with Gasteiger partial charge < -0.3 is 5.32 Å². The highest BCUT2D eigenvalue weighted by Crippen LogP contribution is 2.32. The highest BCUT2D eigenvalue weighted by molar-refractivity contribution is 5.37. The Bertz CT molecular complexity index is 356. The third kappa shape index (κ3) is 2.01. The fourth-order valence-electron chi connectivity index (χ4n) is 2.93. The van der Waals surface area contributed by atoms with Gasteiger partial charge in [0, 0.05) is 12.6 Å². The van der Waals surface area contributed by atoms with Crippen LogP contribution in [0.15, 0.2) is 18.2 Å². The van der Waals surface area contributed by atoms with Crippen molar-refractivity contribution in [3.63, 3.8) is 0 Å². The third-order valence-corrected chi connectivity index (χ3v) is 3.94. The average molecular weight is 217 g/mol. The van der Waals surface area contributed by atoms with Crippen molar-refractivity contribution in [1.29, 1.82) is 0 Å². The van der Waals surface area contributed by atoms with Gasteiger partial charge in [-0.3, -0.25) is 0 Å². The molecule has 2 atom stereocenters. The lowest BCUT2D eigenvalue weighted by molar-refractivity contribution is 0.383. The third-order valence-electron chi connectivity index (χ3n) is 3.94. The molecule has 1 aromatic carbocycles. The van der Waals surface area contributed by atoms with E-state index in [1.165, 1.54) is 24.0 Å². The van der Waals surface area contributed by atoms with Crippen LogP contribution in [-0.2, 0) is 13.0 Å². The van der Waals surface area contributed by atoms with Crippen molar-refractivity contribution in [1.82, 2.24) is 5.32 Å². The van der Waals surface area contributed by atoms with Gasteiger partial charge in [0.2, 0.25) is 0 Å². The molecular formula is C15H23N. The quantitative estimate of drug-likeness (QED) is 0.815. The summed E-state index contributed by atoms with van der Waals surface area (Å²) >= 11 is 0. The molecule has 0 radical (unpaired) electrons. The van der Waals surface area contributed by atoms with Crippen molar-refractivity contribution in [2.75, 3.05) is 0 Å². The topological polar surface area (TPSA) is 12.0 Å². The molecule has 0 saturated carbocycles. The van der Waals surface area contributed by atoms with Crippen LogP contribution in [-0.4, -0.2) is 6.04 Å². The molecule has 0 amide bonds. The highest BCUT2D eigenvalue weighted by Gasteiger charge is 2.26. The number of hydrogen-bond donors (Lipinski definition) is 1. The first-order chi connectivity index (χ1) is 7.80. The van der Waals surface area contributed by atoms with Gasteiger partial charge in [-0.05, 0) is 41.9 Å². The molecule has 1 N–H and O–H groups in total. The maximum absolute atomic E-state index is 3.68. The summed E-state index contributed by atoms with van der Waals surface area (Å²) < 4.78 is 0. The lowest BCUT2D eigenvalue weighted by Crippen LogP contribution is -2.38. The molecule has 0 saturated heterocycles. The van der Waals surface area contributed by atoms with Crippen molar-refractivity contribution < 1.29 is 0 Å². The number of benzene rings is 1. The van der Waals surface area contributed by atoms with Gasteiger partial charge in [0.15, 0.2) is 0 Å². The van der Waals surface area contributed by atoms with Crippen LogP contribution in [0.4, 0.5) is 0 Å². The van der Waals surface area contributed by atoms with Gasteiger partial charge in [0.05, 0.1) is 0 Å².